The molecule has 0 spiro atoms. The predicted octanol–water partition coefficient (Wildman–Crippen LogP) is 0.520. The Kier molecular flexibility index (Phi) is 8.71. The largest absolute Gasteiger partial charge is 0.573 e. The summed E-state index contributed by atoms with van der Waals surface area (Å²) in [4.78, 5) is 35.8. The molecule has 1 atom stereocenters. The Labute approximate surface area is 160 Å². The van der Waals surface area contributed by atoms with E-state index in [-0.39, 0.29) is 24.7 Å². The number of hydrogen-bond acceptors (Lipinski definition) is 4. The molecular formula is C17H24F3N4O4+. The van der Waals surface area contributed by atoms with Gasteiger partial charge in [0.15, 0.2) is 13.1 Å². The fourth-order valence-corrected chi connectivity index (χ4v) is 2.07. The standard InChI is InChI=1S/C17H23F3N4O4/c1-11(2)8-21-16(27)23-15(26)10-24(3)9-14(25)22-12-4-6-13(7-5-12)28-17(18,19)20/h4-7,11H,8-10H2,1-3H3,(H,22,25)(H2,21,23,26,27)/p+1. The Morgan fingerprint density at radius 1 is 1.07 bits per heavy atom. The van der Waals surface area contributed by atoms with Gasteiger partial charge in [-0.15, -0.1) is 13.2 Å². The van der Waals surface area contributed by atoms with Crippen LogP contribution in [0.15, 0.2) is 24.3 Å². The first-order valence-electron chi connectivity index (χ1n) is 8.49. The second-order valence-electron chi connectivity index (χ2n) is 6.58. The Morgan fingerprint density at radius 3 is 2.18 bits per heavy atom. The monoisotopic (exact) mass is 405 g/mol. The first-order chi connectivity index (χ1) is 12.9. The van der Waals surface area contributed by atoms with Crippen LogP contribution in [0.5, 0.6) is 5.75 Å². The number of alkyl halides is 3. The number of halogens is 3. The van der Waals surface area contributed by atoms with Gasteiger partial charge in [-0.25, -0.2) is 4.79 Å². The van der Waals surface area contributed by atoms with E-state index in [1.165, 1.54) is 12.1 Å². The van der Waals surface area contributed by atoms with Crippen LogP contribution in [-0.2, 0) is 9.59 Å². The van der Waals surface area contributed by atoms with Crippen molar-refractivity contribution in [3.05, 3.63) is 24.3 Å². The van der Waals surface area contributed by atoms with Gasteiger partial charge in [0, 0.05) is 12.2 Å². The molecule has 0 saturated carbocycles. The summed E-state index contributed by atoms with van der Waals surface area (Å²) in [6.07, 6.45) is -4.79. The Bertz CT molecular complexity index is 678. The van der Waals surface area contributed by atoms with E-state index in [0.29, 0.717) is 11.4 Å². The van der Waals surface area contributed by atoms with Crippen LogP contribution < -0.4 is 25.6 Å². The number of carbonyl (C=O) groups is 3. The summed E-state index contributed by atoms with van der Waals surface area (Å²) < 4.78 is 40.1. The lowest BCUT2D eigenvalue weighted by Crippen LogP contribution is -3.11. The number of carbonyl (C=O) groups excluding carboxylic acids is 3. The van der Waals surface area contributed by atoms with Crippen LogP contribution in [0.25, 0.3) is 0 Å². The summed E-state index contributed by atoms with van der Waals surface area (Å²) in [6, 6.07) is 4.07. The third-order valence-electron chi connectivity index (χ3n) is 3.22. The minimum Gasteiger partial charge on any atom is -0.406 e. The third-order valence-corrected chi connectivity index (χ3v) is 3.22. The van der Waals surface area contributed by atoms with E-state index in [1.807, 2.05) is 13.8 Å². The molecule has 0 saturated heterocycles. The van der Waals surface area contributed by atoms with Crippen molar-refractivity contribution in [2.24, 2.45) is 5.92 Å². The SMILES string of the molecule is CC(C)CNC(=O)NC(=O)C[NH+](C)CC(=O)Nc1ccc(OC(F)(F)F)cc1. The summed E-state index contributed by atoms with van der Waals surface area (Å²) in [5.41, 5.74) is 0.282. The minimum atomic E-state index is -4.79. The van der Waals surface area contributed by atoms with Gasteiger partial charge in [-0.05, 0) is 30.2 Å². The van der Waals surface area contributed by atoms with Crippen molar-refractivity contribution in [1.82, 2.24) is 10.6 Å². The van der Waals surface area contributed by atoms with Gasteiger partial charge in [0.1, 0.15) is 5.75 Å². The highest BCUT2D eigenvalue weighted by atomic mass is 19.4. The first kappa shape index (κ1) is 23.2. The number of quaternary nitrogens is 1. The molecule has 0 radical (unpaired) electrons. The van der Waals surface area contributed by atoms with Gasteiger partial charge in [0.25, 0.3) is 11.8 Å². The van der Waals surface area contributed by atoms with Crippen LogP contribution in [-0.4, -0.2) is 50.9 Å². The Morgan fingerprint density at radius 2 is 1.64 bits per heavy atom. The molecule has 1 aromatic carbocycles. The Balaban J connectivity index is 2.39. The van der Waals surface area contributed by atoms with Crippen molar-refractivity contribution >= 4 is 23.5 Å². The lowest BCUT2D eigenvalue weighted by Gasteiger charge is -2.14. The second kappa shape index (κ2) is 10.5. The van der Waals surface area contributed by atoms with E-state index in [2.05, 4.69) is 20.7 Å². The lowest BCUT2D eigenvalue weighted by atomic mass is 10.2. The summed E-state index contributed by atoms with van der Waals surface area (Å²) >= 11 is 0. The van der Waals surface area contributed by atoms with Gasteiger partial charge in [-0.1, -0.05) is 13.8 Å². The molecule has 0 bridgehead atoms. The van der Waals surface area contributed by atoms with E-state index in [1.54, 1.807) is 7.05 Å². The molecule has 0 heterocycles. The number of likely N-dealkylation sites (N-methyl/N-ethyl adjacent to an activating group) is 1. The van der Waals surface area contributed by atoms with Crippen LogP contribution in [0.2, 0.25) is 0 Å². The fourth-order valence-electron chi connectivity index (χ4n) is 2.07. The Hall–Kier alpha value is -2.82. The highest BCUT2D eigenvalue weighted by Crippen LogP contribution is 2.23. The summed E-state index contributed by atoms with van der Waals surface area (Å²) in [5, 5.41) is 7.21. The van der Waals surface area contributed by atoms with E-state index >= 15 is 0 Å². The molecule has 156 valence electrons. The predicted molar refractivity (Wildman–Crippen MR) is 94.8 cm³/mol. The molecule has 4 N–H and O–H groups in total. The number of anilines is 1. The minimum absolute atomic E-state index is 0.0815. The van der Waals surface area contributed by atoms with Crippen molar-refractivity contribution < 1.29 is 37.2 Å². The molecule has 11 heteroatoms. The van der Waals surface area contributed by atoms with E-state index in [4.69, 9.17) is 0 Å². The van der Waals surface area contributed by atoms with Gasteiger partial charge >= 0.3 is 12.4 Å². The van der Waals surface area contributed by atoms with Crippen LogP contribution in [0.1, 0.15) is 13.8 Å². The average Bonchev–Trinajstić information content (AvgIpc) is 2.53. The van der Waals surface area contributed by atoms with Crippen molar-refractivity contribution in [3.63, 3.8) is 0 Å². The topological polar surface area (TPSA) is 101 Å². The maximum atomic E-state index is 12.1. The fraction of sp³-hybridized carbons (Fsp3) is 0.471. The van der Waals surface area contributed by atoms with Crippen LogP contribution in [0, 0.1) is 5.92 Å². The number of ether oxygens (including phenoxy) is 1. The molecule has 0 fully saturated rings. The highest BCUT2D eigenvalue weighted by molar-refractivity contribution is 5.95. The normalized spacial score (nSPS) is 12.2. The number of benzene rings is 1. The number of imide groups is 1. The number of hydrogen-bond donors (Lipinski definition) is 4. The molecule has 8 nitrogen and oxygen atoms in total. The molecule has 28 heavy (non-hydrogen) atoms. The van der Waals surface area contributed by atoms with E-state index in [0.717, 1.165) is 12.1 Å². The van der Waals surface area contributed by atoms with Gasteiger partial charge in [-0.2, -0.15) is 0 Å². The number of amides is 4. The summed E-state index contributed by atoms with van der Waals surface area (Å²) in [6.45, 7) is 4.06. The van der Waals surface area contributed by atoms with Crippen molar-refractivity contribution in [2.75, 3.05) is 32.0 Å². The van der Waals surface area contributed by atoms with Crippen LogP contribution in [0.4, 0.5) is 23.7 Å². The molecule has 1 unspecified atom stereocenters. The molecule has 4 amide bonds. The molecule has 0 aliphatic heterocycles. The molecule has 1 aromatic rings. The highest BCUT2D eigenvalue weighted by Gasteiger charge is 2.31. The molecule has 0 aromatic heterocycles. The van der Waals surface area contributed by atoms with Crippen molar-refractivity contribution in [3.8, 4) is 5.75 Å². The van der Waals surface area contributed by atoms with Gasteiger partial charge in [-0.3, -0.25) is 14.9 Å². The zero-order valence-electron chi connectivity index (χ0n) is 15.8. The van der Waals surface area contributed by atoms with Crippen molar-refractivity contribution in [1.29, 1.82) is 0 Å². The third kappa shape index (κ3) is 10.4. The van der Waals surface area contributed by atoms with Gasteiger partial charge < -0.3 is 20.3 Å². The van der Waals surface area contributed by atoms with E-state index < -0.39 is 30.0 Å². The van der Waals surface area contributed by atoms with E-state index in [9.17, 15) is 27.6 Å². The lowest BCUT2D eigenvalue weighted by molar-refractivity contribution is -0.862. The van der Waals surface area contributed by atoms with Gasteiger partial charge in [0.2, 0.25) is 0 Å². The smallest absolute Gasteiger partial charge is 0.406 e. The average molecular weight is 405 g/mol. The molecular weight excluding hydrogens is 381 g/mol. The maximum absolute atomic E-state index is 12.1. The van der Waals surface area contributed by atoms with Crippen LogP contribution >= 0.6 is 0 Å². The first-order valence-corrected chi connectivity index (χ1v) is 8.49. The summed E-state index contributed by atoms with van der Waals surface area (Å²) in [7, 11) is 1.59. The molecule has 0 aliphatic carbocycles. The summed E-state index contributed by atoms with van der Waals surface area (Å²) in [5.74, 6) is -1.15. The zero-order valence-corrected chi connectivity index (χ0v) is 15.8. The zero-order chi connectivity index (χ0) is 21.3. The number of rotatable bonds is 8. The molecule has 1 rings (SSSR count). The van der Waals surface area contributed by atoms with Crippen molar-refractivity contribution in [2.45, 2.75) is 20.2 Å². The number of nitrogens with one attached hydrogen (secondary N) is 4. The second-order valence-corrected chi connectivity index (χ2v) is 6.58. The quantitative estimate of drug-likeness (QED) is 0.507. The van der Waals surface area contributed by atoms with Crippen LogP contribution in [0.3, 0.4) is 0 Å². The maximum Gasteiger partial charge on any atom is 0.573 e. The number of urea groups is 1. The molecule has 0 aliphatic rings. The van der Waals surface area contributed by atoms with Gasteiger partial charge in [0.05, 0.1) is 7.05 Å².